The van der Waals surface area contributed by atoms with Crippen LogP contribution in [0.4, 0.5) is 0 Å². The van der Waals surface area contributed by atoms with Crippen molar-refractivity contribution in [3.05, 3.63) is 71.8 Å². The van der Waals surface area contributed by atoms with Gasteiger partial charge in [0.2, 0.25) is 17.6 Å². The topological polar surface area (TPSA) is 133 Å². The normalized spacial score (nSPS) is 13.2. The maximum absolute atomic E-state index is 13.2. The van der Waals surface area contributed by atoms with Gasteiger partial charge in [0.25, 0.3) is 11.8 Å². The molecule has 0 spiro atoms. The third-order valence-corrected chi connectivity index (χ3v) is 5.68. The molecule has 9 heteroatoms. The Hall–Kier alpha value is -4.01. The Morgan fingerprint density at radius 1 is 0.658 bits per heavy atom. The molecule has 0 aliphatic heterocycles. The van der Waals surface area contributed by atoms with Crippen molar-refractivity contribution in [1.29, 1.82) is 0 Å². The summed E-state index contributed by atoms with van der Waals surface area (Å²) in [5.41, 5.74) is 1.23. The summed E-state index contributed by atoms with van der Waals surface area (Å²) in [6.07, 6.45) is 0.476. The van der Waals surface area contributed by atoms with E-state index in [-0.39, 0.29) is 24.8 Å². The molecule has 4 N–H and O–H groups in total. The van der Waals surface area contributed by atoms with Gasteiger partial charge >= 0.3 is 0 Å². The van der Waals surface area contributed by atoms with E-state index in [0.29, 0.717) is 5.56 Å². The zero-order chi connectivity index (χ0) is 28.2. The smallest absolute Gasteiger partial charge is 0.289 e. The fourth-order valence-corrected chi connectivity index (χ4v) is 3.76. The molecule has 0 bridgehead atoms. The molecule has 2 aromatic rings. The van der Waals surface area contributed by atoms with E-state index in [1.54, 1.807) is 44.2 Å². The van der Waals surface area contributed by atoms with Gasteiger partial charge in [0.05, 0.1) is 6.04 Å². The van der Waals surface area contributed by atoms with Crippen molar-refractivity contribution >= 4 is 29.4 Å². The van der Waals surface area contributed by atoms with E-state index in [9.17, 15) is 24.0 Å². The first-order valence-corrected chi connectivity index (χ1v) is 12.8. The lowest BCUT2D eigenvalue weighted by Crippen LogP contribution is -2.56. The van der Waals surface area contributed by atoms with Crippen molar-refractivity contribution in [3.63, 3.8) is 0 Å². The lowest BCUT2D eigenvalue weighted by molar-refractivity contribution is -0.141. The van der Waals surface area contributed by atoms with E-state index in [0.717, 1.165) is 5.56 Å². The molecule has 0 aliphatic rings. The summed E-state index contributed by atoms with van der Waals surface area (Å²) < 4.78 is 0. The van der Waals surface area contributed by atoms with Crippen LogP contribution >= 0.6 is 0 Å². The van der Waals surface area contributed by atoms with E-state index in [2.05, 4.69) is 21.3 Å². The van der Waals surface area contributed by atoms with E-state index in [1.165, 1.54) is 6.92 Å². The number of amides is 4. The largest absolute Gasteiger partial charge is 0.347 e. The summed E-state index contributed by atoms with van der Waals surface area (Å²) in [6, 6.07) is 14.5. The van der Waals surface area contributed by atoms with Gasteiger partial charge in [0, 0.05) is 18.0 Å². The molecule has 3 atom stereocenters. The molecule has 38 heavy (non-hydrogen) atoms. The molecule has 204 valence electrons. The summed E-state index contributed by atoms with van der Waals surface area (Å²) in [4.78, 5) is 63.9. The first kappa shape index (κ1) is 30.2. The maximum atomic E-state index is 13.2. The molecule has 1 unspecified atom stereocenters. The molecule has 2 aromatic carbocycles. The predicted molar refractivity (Wildman–Crippen MR) is 145 cm³/mol. The number of nitrogens with one attached hydrogen (secondary N) is 4. The first-order chi connectivity index (χ1) is 18.0. The van der Waals surface area contributed by atoms with Gasteiger partial charge < -0.3 is 21.3 Å². The van der Waals surface area contributed by atoms with E-state index in [4.69, 9.17) is 0 Å². The van der Waals surface area contributed by atoms with Crippen LogP contribution in [-0.2, 0) is 25.6 Å². The number of Topliss-reactive ketones (excluding diaryl/α,β-unsaturated/α-hetero) is 1. The molecule has 0 aromatic heterocycles. The quantitative estimate of drug-likeness (QED) is 0.299. The van der Waals surface area contributed by atoms with Gasteiger partial charge in [-0.05, 0) is 50.8 Å². The second-order valence-electron chi connectivity index (χ2n) is 10.00. The van der Waals surface area contributed by atoms with Crippen LogP contribution in [0.3, 0.4) is 0 Å². The second-order valence-corrected chi connectivity index (χ2v) is 10.00. The van der Waals surface area contributed by atoms with Gasteiger partial charge in [0.1, 0.15) is 12.1 Å². The Kier molecular flexibility index (Phi) is 11.7. The van der Waals surface area contributed by atoms with Gasteiger partial charge in [-0.2, -0.15) is 0 Å². The number of hydrogen-bond acceptors (Lipinski definition) is 5. The van der Waals surface area contributed by atoms with Crippen molar-refractivity contribution in [2.24, 2.45) is 5.92 Å². The van der Waals surface area contributed by atoms with Gasteiger partial charge in [-0.25, -0.2) is 0 Å². The van der Waals surface area contributed by atoms with Crippen molar-refractivity contribution in [2.45, 2.75) is 71.6 Å². The molecule has 0 fully saturated rings. The molecule has 0 radical (unpaired) electrons. The zero-order valence-corrected chi connectivity index (χ0v) is 22.6. The number of carbonyl (C=O) groups is 5. The van der Waals surface area contributed by atoms with Crippen LogP contribution in [0.25, 0.3) is 0 Å². The average molecular weight is 523 g/mol. The van der Waals surface area contributed by atoms with E-state index < -0.39 is 47.5 Å². The summed E-state index contributed by atoms with van der Waals surface area (Å²) in [5, 5.41) is 10.6. The highest BCUT2D eigenvalue weighted by Crippen LogP contribution is 2.08. The van der Waals surface area contributed by atoms with Gasteiger partial charge in [-0.3, -0.25) is 24.0 Å². The molecule has 0 saturated carbocycles. The molecule has 9 nitrogen and oxygen atoms in total. The summed E-state index contributed by atoms with van der Waals surface area (Å²) in [7, 11) is 0. The molecule has 0 aliphatic carbocycles. The third kappa shape index (κ3) is 9.80. The number of carbonyl (C=O) groups excluding carboxylic acids is 5. The second kappa shape index (κ2) is 14.7. The average Bonchev–Trinajstić information content (AvgIpc) is 2.87. The number of hydrogen-bond donors (Lipinski definition) is 4. The highest BCUT2D eigenvalue weighted by atomic mass is 16.2. The monoisotopic (exact) mass is 522 g/mol. The first-order valence-electron chi connectivity index (χ1n) is 12.8. The molecular formula is C29H38N4O5. The molecule has 0 heterocycles. The minimum atomic E-state index is -1.03. The van der Waals surface area contributed by atoms with Crippen LogP contribution in [0.15, 0.2) is 60.7 Å². The minimum absolute atomic E-state index is 0.0319. The van der Waals surface area contributed by atoms with Crippen LogP contribution in [0.5, 0.6) is 0 Å². The van der Waals surface area contributed by atoms with E-state index >= 15 is 0 Å². The zero-order valence-electron chi connectivity index (χ0n) is 22.6. The Labute approximate surface area is 224 Å². The summed E-state index contributed by atoms with van der Waals surface area (Å²) in [5.74, 6) is -3.06. The number of rotatable bonds is 13. The number of ketones is 1. The van der Waals surface area contributed by atoms with E-state index in [1.807, 2.05) is 44.2 Å². The van der Waals surface area contributed by atoms with Crippen molar-refractivity contribution in [1.82, 2.24) is 21.3 Å². The SMILES string of the molecule is CC(C)C[C@H](NC(=O)C(C)NC(=O)[C@H](Cc1ccccc1)NC(=O)c1ccccc1)C(=O)C(=O)NC(C)C. The standard InChI is InChI=1S/C29H38N4O5/c1-18(2)16-23(25(34)29(38)30-19(3)4)32-26(35)20(5)31-28(37)24(17-21-12-8-6-9-13-21)33-27(36)22-14-10-7-11-15-22/h6-15,18-20,23-24H,16-17H2,1-5H3,(H,30,38)(H,31,37)(H,32,35)(H,33,36)/t20?,23-,24-/m0/s1. The lowest BCUT2D eigenvalue weighted by Gasteiger charge is -2.24. The van der Waals surface area contributed by atoms with Gasteiger partial charge in [-0.15, -0.1) is 0 Å². The minimum Gasteiger partial charge on any atom is -0.347 e. The fraction of sp³-hybridized carbons (Fsp3) is 0.414. The Morgan fingerprint density at radius 3 is 1.79 bits per heavy atom. The Morgan fingerprint density at radius 2 is 1.24 bits per heavy atom. The van der Waals surface area contributed by atoms with Crippen LogP contribution in [0.2, 0.25) is 0 Å². The summed E-state index contributed by atoms with van der Waals surface area (Å²) in [6.45, 7) is 8.71. The Bertz CT molecular complexity index is 1100. The van der Waals surface area contributed by atoms with Crippen LogP contribution < -0.4 is 21.3 Å². The fourth-order valence-electron chi connectivity index (χ4n) is 3.76. The van der Waals surface area contributed by atoms with Crippen LogP contribution in [0.1, 0.15) is 57.0 Å². The van der Waals surface area contributed by atoms with Crippen LogP contribution in [-0.4, -0.2) is 53.6 Å². The third-order valence-electron chi connectivity index (χ3n) is 5.68. The molecular weight excluding hydrogens is 484 g/mol. The number of benzene rings is 2. The highest BCUT2D eigenvalue weighted by Gasteiger charge is 2.31. The molecule has 0 saturated heterocycles. The maximum Gasteiger partial charge on any atom is 0.289 e. The summed E-state index contributed by atoms with van der Waals surface area (Å²) >= 11 is 0. The highest BCUT2D eigenvalue weighted by molar-refractivity contribution is 6.38. The van der Waals surface area contributed by atoms with Gasteiger partial charge in [-0.1, -0.05) is 62.4 Å². The Balaban J connectivity index is 2.13. The molecule has 2 rings (SSSR count). The van der Waals surface area contributed by atoms with Crippen molar-refractivity contribution in [2.75, 3.05) is 0 Å². The van der Waals surface area contributed by atoms with Crippen molar-refractivity contribution < 1.29 is 24.0 Å². The predicted octanol–water partition coefficient (Wildman–Crippen LogP) is 2.16. The van der Waals surface area contributed by atoms with Crippen molar-refractivity contribution in [3.8, 4) is 0 Å². The van der Waals surface area contributed by atoms with Gasteiger partial charge in [0.15, 0.2) is 0 Å². The lowest BCUT2D eigenvalue weighted by atomic mass is 9.99. The van der Waals surface area contributed by atoms with Crippen LogP contribution in [0, 0.1) is 5.92 Å². The molecule has 4 amide bonds.